The number of hydrogen-bond acceptors (Lipinski definition) is 7. The predicted octanol–water partition coefficient (Wildman–Crippen LogP) is -2.38. The molecule has 2 heterocycles. The van der Waals surface area contributed by atoms with Crippen LogP contribution in [0.25, 0.3) is 0 Å². The molecule has 0 bridgehead atoms. The van der Waals surface area contributed by atoms with Crippen LogP contribution in [-0.4, -0.2) is 91.1 Å². The number of amides is 4. The molecule has 1 aromatic heterocycles. The first-order valence-corrected chi connectivity index (χ1v) is 9.17. The Balaban J connectivity index is 2.10. The third-order valence-corrected chi connectivity index (χ3v) is 5.08. The Hall–Kier alpha value is -3.02. The second-order valence-electron chi connectivity index (χ2n) is 7.39. The zero-order valence-electron chi connectivity index (χ0n) is 17.0. The van der Waals surface area contributed by atoms with Gasteiger partial charge in [-0.25, -0.2) is 9.67 Å². The van der Waals surface area contributed by atoms with Crippen molar-refractivity contribution in [3.63, 3.8) is 0 Å². The Morgan fingerprint density at radius 3 is 2.59 bits per heavy atom. The number of nitrogens with one attached hydrogen (secondary N) is 1. The van der Waals surface area contributed by atoms with Crippen LogP contribution in [0.15, 0.2) is 6.33 Å². The molecule has 1 aliphatic heterocycles. The van der Waals surface area contributed by atoms with Crippen molar-refractivity contribution in [3.05, 3.63) is 12.2 Å². The van der Waals surface area contributed by atoms with E-state index in [9.17, 15) is 24.3 Å². The van der Waals surface area contributed by atoms with Crippen molar-refractivity contribution in [3.8, 4) is 0 Å². The Kier molecular flexibility index (Phi) is 6.57. The van der Waals surface area contributed by atoms with Gasteiger partial charge in [0.05, 0.1) is 12.6 Å². The molecule has 4 amide bonds. The van der Waals surface area contributed by atoms with E-state index in [-0.39, 0.29) is 12.4 Å². The molecule has 0 saturated carbocycles. The average molecular weight is 409 g/mol. The summed E-state index contributed by atoms with van der Waals surface area (Å²) in [5, 5.41) is 15.7. The molecule has 2 rings (SSSR count). The molecule has 3 atom stereocenters. The summed E-state index contributed by atoms with van der Waals surface area (Å²) in [7, 11) is 3.02. The molecule has 1 fully saturated rings. The molecule has 0 aromatic carbocycles. The van der Waals surface area contributed by atoms with Gasteiger partial charge in [0, 0.05) is 20.6 Å². The molecular formula is C17H27N7O5. The molecule has 4 N–H and O–H groups in total. The van der Waals surface area contributed by atoms with Gasteiger partial charge in [0.25, 0.3) is 5.91 Å². The number of primary amides is 1. The lowest BCUT2D eigenvalue weighted by Gasteiger charge is -2.36. The molecule has 0 radical (unpaired) electrons. The van der Waals surface area contributed by atoms with E-state index in [1.165, 1.54) is 34.8 Å². The number of aliphatic hydroxyl groups is 1. The highest BCUT2D eigenvalue weighted by molar-refractivity contribution is 5.98. The Morgan fingerprint density at radius 1 is 1.41 bits per heavy atom. The van der Waals surface area contributed by atoms with Gasteiger partial charge in [-0.3, -0.25) is 19.2 Å². The summed E-state index contributed by atoms with van der Waals surface area (Å²) in [5.74, 6) is -2.26. The molecule has 1 unspecified atom stereocenters. The first-order valence-electron chi connectivity index (χ1n) is 9.17. The van der Waals surface area contributed by atoms with Gasteiger partial charge in [-0.05, 0) is 26.7 Å². The van der Waals surface area contributed by atoms with E-state index >= 15 is 0 Å². The molecule has 0 aliphatic carbocycles. The maximum absolute atomic E-state index is 13.1. The van der Waals surface area contributed by atoms with Crippen molar-refractivity contribution < 1.29 is 24.3 Å². The molecule has 1 aliphatic rings. The zero-order valence-corrected chi connectivity index (χ0v) is 17.0. The second kappa shape index (κ2) is 8.55. The lowest BCUT2D eigenvalue weighted by Crippen LogP contribution is -2.58. The topological polar surface area (TPSA) is 164 Å². The van der Waals surface area contributed by atoms with E-state index in [1.54, 1.807) is 14.0 Å². The highest BCUT2D eigenvalue weighted by Gasteiger charge is 2.48. The lowest BCUT2D eigenvalue weighted by molar-refractivity contribution is -0.142. The fourth-order valence-corrected chi connectivity index (χ4v) is 3.47. The summed E-state index contributed by atoms with van der Waals surface area (Å²) in [5.41, 5.74) is 4.01. The summed E-state index contributed by atoms with van der Waals surface area (Å²) < 4.78 is 1.34. The molecule has 0 spiro atoms. The zero-order chi connectivity index (χ0) is 21.9. The number of carbonyl (C=O) groups excluding carboxylic acids is 4. The number of rotatable bonds is 7. The van der Waals surface area contributed by atoms with Gasteiger partial charge >= 0.3 is 0 Å². The molecule has 29 heavy (non-hydrogen) atoms. The number of aliphatic hydroxyl groups excluding tert-OH is 1. The van der Waals surface area contributed by atoms with Crippen LogP contribution in [-0.2, 0) is 21.4 Å². The molecule has 1 saturated heterocycles. The summed E-state index contributed by atoms with van der Waals surface area (Å²) in [6, 6.07) is -1.26. The van der Waals surface area contributed by atoms with Crippen LogP contribution in [0.5, 0.6) is 0 Å². The normalized spacial score (nSPS) is 20.8. The quantitative estimate of drug-likeness (QED) is 0.452. The Labute approximate surface area is 168 Å². The lowest BCUT2D eigenvalue weighted by atomic mass is 9.96. The van der Waals surface area contributed by atoms with Crippen LogP contribution in [0, 0.1) is 0 Å². The van der Waals surface area contributed by atoms with Gasteiger partial charge in [-0.15, -0.1) is 0 Å². The van der Waals surface area contributed by atoms with Crippen molar-refractivity contribution in [1.29, 1.82) is 0 Å². The largest absolute Gasteiger partial charge is 0.391 e. The van der Waals surface area contributed by atoms with Gasteiger partial charge in [-0.1, -0.05) is 0 Å². The van der Waals surface area contributed by atoms with Crippen molar-refractivity contribution >= 4 is 23.6 Å². The first kappa shape index (κ1) is 22.3. The van der Waals surface area contributed by atoms with E-state index in [0.29, 0.717) is 19.4 Å². The number of carbonyl (C=O) groups is 4. The van der Waals surface area contributed by atoms with E-state index in [2.05, 4.69) is 15.4 Å². The second-order valence-corrected chi connectivity index (χ2v) is 7.39. The number of likely N-dealkylation sites (N-methyl/N-ethyl adjacent to an activating group) is 1. The minimum atomic E-state index is -1.26. The molecule has 12 nitrogen and oxygen atoms in total. The first-order chi connectivity index (χ1) is 13.5. The number of aryl methyl sites for hydroxylation is 1. The SMILES string of the molecule is C[C@@H](O)[C@H](NC(=O)CN(C)C(=O)C1(C)CCCN1C(=O)c1ncnn1C)C(N)=O. The van der Waals surface area contributed by atoms with Crippen molar-refractivity contribution in [2.45, 2.75) is 44.4 Å². The maximum Gasteiger partial charge on any atom is 0.292 e. The molecular weight excluding hydrogens is 382 g/mol. The summed E-state index contributed by atoms with van der Waals surface area (Å²) >= 11 is 0. The number of aromatic nitrogens is 3. The highest BCUT2D eigenvalue weighted by Crippen LogP contribution is 2.31. The molecule has 12 heteroatoms. The van der Waals surface area contributed by atoms with Crippen molar-refractivity contribution in [1.82, 2.24) is 29.9 Å². The maximum atomic E-state index is 13.1. The summed E-state index contributed by atoms with van der Waals surface area (Å²) in [4.78, 5) is 56.1. The van der Waals surface area contributed by atoms with E-state index in [1.807, 2.05) is 0 Å². The third-order valence-electron chi connectivity index (χ3n) is 5.08. The number of nitrogens with two attached hydrogens (primary N) is 1. The van der Waals surface area contributed by atoms with Crippen LogP contribution in [0.4, 0.5) is 0 Å². The number of likely N-dealkylation sites (tertiary alicyclic amines) is 1. The van der Waals surface area contributed by atoms with Gasteiger partial charge in [0.15, 0.2) is 0 Å². The Bertz CT molecular complexity index is 808. The minimum Gasteiger partial charge on any atom is -0.391 e. The van der Waals surface area contributed by atoms with Crippen LogP contribution in [0.1, 0.15) is 37.3 Å². The van der Waals surface area contributed by atoms with Crippen LogP contribution < -0.4 is 11.1 Å². The Morgan fingerprint density at radius 2 is 2.07 bits per heavy atom. The van der Waals surface area contributed by atoms with Gasteiger partial charge in [0.2, 0.25) is 23.5 Å². The highest BCUT2D eigenvalue weighted by atomic mass is 16.3. The van der Waals surface area contributed by atoms with Crippen molar-refractivity contribution in [2.24, 2.45) is 12.8 Å². The fraction of sp³-hybridized carbons (Fsp3) is 0.647. The van der Waals surface area contributed by atoms with Gasteiger partial charge in [-0.2, -0.15) is 5.10 Å². The molecule has 1 aromatic rings. The summed E-state index contributed by atoms with van der Waals surface area (Å²) in [6.45, 7) is 2.98. The summed E-state index contributed by atoms with van der Waals surface area (Å²) in [6.07, 6.45) is 1.14. The van der Waals surface area contributed by atoms with Crippen LogP contribution in [0.2, 0.25) is 0 Å². The standard InChI is InChI=1S/C17H27N7O5/c1-10(25)12(13(18)27)21-11(26)8-22(3)16(29)17(2)6-5-7-24(17)15(28)14-19-9-20-23(14)4/h9-10,12,25H,5-8H2,1-4H3,(H2,18,27)(H,21,26)/t10-,12+,17?/m1/s1. The van der Waals surface area contributed by atoms with Crippen molar-refractivity contribution in [2.75, 3.05) is 20.1 Å². The minimum absolute atomic E-state index is 0.118. The monoisotopic (exact) mass is 409 g/mol. The molecule has 160 valence electrons. The third kappa shape index (κ3) is 4.53. The van der Waals surface area contributed by atoms with Crippen LogP contribution >= 0.6 is 0 Å². The van der Waals surface area contributed by atoms with E-state index in [0.717, 1.165) is 0 Å². The predicted molar refractivity (Wildman–Crippen MR) is 100 cm³/mol. The average Bonchev–Trinajstić information content (AvgIpc) is 3.24. The smallest absolute Gasteiger partial charge is 0.292 e. The van der Waals surface area contributed by atoms with E-state index in [4.69, 9.17) is 5.73 Å². The number of nitrogens with zero attached hydrogens (tertiary/aromatic N) is 5. The fourth-order valence-electron chi connectivity index (χ4n) is 3.47. The van der Waals surface area contributed by atoms with E-state index < -0.39 is 41.3 Å². The van der Waals surface area contributed by atoms with Gasteiger partial charge < -0.3 is 26.0 Å². The van der Waals surface area contributed by atoms with Crippen LogP contribution in [0.3, 0.4) is 0 Å². The number of hydrogen-bond donors (Lipinski definition) is 3. The van der Waals surface area contributed by atoms with Gasteiger partial charge in [0.1, 0.15) is 17.9 Å².